The Morgan fingerprint density at radius 3 is 1.78 bits per heavy atom. The van der Waals surface area contributed by atoms with Crippen LogP contribution in [0.25, 0.3) is 11.3 Å². The molecular formula is C48H67N15O20. The van der Waals surface area contributed by atoms with Gasteiger partial charge in [0.1, 0.15) is 60.5 Å². The van der Waals surface area contributed by atoms with Crippen LogP contribution in [-0.2, 0) is 62.3 Å². The lowest BCUT2D eigenvalue weighted by molar-refractivity contribution is -0.150. The van der Waals surface area contributed by atoms with Crippen molar-refractivity contribution in [1.82, 2.24) is 51.9 Å². The third-order valence-corrected chi connectivity index (χ3v) is 12.8. The molecule has 7 unspecified atom stereocenters. The molecule has 0 aromatic carbocycles. The third kappa shape index (κ3) is 20.5. The molecule has 0 aromatic rings. The molecule has 3 heterocycles. The molecule has 0 saturated heterocycles. The number of nitrogens with one attached hydrogen (secondary N) is 9. The van der Waals surface area contributed by atoms with E-state index >= 15 is 0 Å². The fourth-order valence-electron chi connectivity index (χ4n) is 8.64. The van der Waals surface area contributed by atoms with Gasteiger partial charge in [0.05, 0.1) is 24.4 Å². The fourth-order valence-corrected chi connectivity index (χ4v) is 8.64. The van der Waals surface area contributed by atoms with Gasteiger partial charge in [0.2, 0.25) is 71.4 Å². The number of carboxylic acid groups (broad SMARTS) is 2. The summed E-state index contributed by atoms with van der Waals surface area (Å²) in [6.45, 7) is -2.36. The average molecular weight is 1170 g/mol. The minimum atomic E-state index is -1.75. The van der Waals surface area contributed by atoms with Crippen molar-refractivity contribution in [2.45, 2.75) is 119 Å². The van der Waals surface area contributed by atoms with Crippen LogP contribution >= 0.6 is 0 Å². The van der Waals surface area contributed by atoms with Crippen LogP contribution < -0.4 is 64.7 Å². The van der Waals surface area contributed by atoms with Gasteiger partial charge in [-0.15, -0.1) is 0 Å². The number of rotatable bonds is 35. The summed E-state index contributed by atoms with van der Waals surface area (Å²) in [5.74, 6) is -12.0. The van der Waals surface area contributed by atoms with Gasteiger partial charge < -0.3 is 84.3 Å². The molecule has 0 radical (unpaired) electrons. The number of aliphatic hydroxyl groups is 1. The van der Waals surface area contributed by atoms with E-state index < -0.39 is 170 Å². The molecule has 83 heavy (non-hydrogen) atoms. The molecule has 11 amide bonds. The molecule has 0 saturated carbocycles. The minimum Gasteiger partial charge on any atom is -0.504 e. The van der Waals surface area contributed by atoms with Crippen molar-refractivity contribution >= 4 is 95.3 Å². The van der Waals surface area contributed by atoms with Gasteiger partial charge in [-0.05, 0) is 63.5 Å². The summed E-state index contributed by atoms with van der Waals surface area (Å²) in [5.41, 5.74) is 10.3. The van der Waals surface area contributed by atoms with E-state index in [1.807, 2.05) is 0 Å². The Labute approximate surface area is 470 Å². The second kappa shape index (κ2) is 32.1. The molecule has 19 N–H and O–H groups in total. The smallest absolute Gasteiger partial charge is 0.322 e. The van der Waals surface area contributed by atoms with Crippen LogP contribution in [0.15, 0.2) is 28.0 Å². The summed E-state index contributed by atoms with van der Waals surface area (Å²) in [5, 5.41) is 81.7. The van der Waals surface area contributed by atoms with Gasteiger partial charge in [-0.3, -0.25) is 82.5 Å². The van der Waals surface area contributed by atoms with Gasteiger partial charge in [0, 0.05) is 57.1 Å². The molecule has 35 heteroatoms. The van der Waals surface area contributed by atoms with Crippen molar-refractivity contribution in [2.24, 2.45) is 16.5 Å². The van der Waals surface area contributed by atoms with Gasteiger partial charge in [-0.1, -0.05) is 0 Å². The highest BCUT2D eigenvalue weighted by atomic mass is 16.5. The molecule has 0 spiro atoms. The Hall–Kier alpha value is -9.51. The van der Waals surface area contributed by atoms with Crippen LogP contribution in [0.1, 0.15) is 83.1 Å². The van der Waals surface area contributed by atoms with E-state index in [-0.39, 0.29) is 116 Å². The number of anilines is 2. The maximum Gasteiger partial charge on any atom is 0.322 e. The molecule has 1 aliphatic carbocycles. The second-order valence-corrected chi connectivity index (χ2v) is 19.0. The largest absolute Gasteiger partial charge is 0.504 e. The van der Waals surface area contributed by atoms with E-state index in [0.717, 1.165) is 12.1 Å². The Bertz CT molecular complexity index is 2810. The summed E-state index contributed by atoms with van der Waals surface area (Å²) >= 11 is 0. The van der Waals surface area contributed by atoms with Crippen LogP contribution in [0.2, 0.25) is 0 Å². The van der Waals surface area contributed by atoms with Gasteiger partial charge in [-0.2, -0.15) is 0 Å². The Kier molecular flexibility index (Phi) is 25.5. The van der Waals surface area contributed by atoms with E-state index in [1.165, 1.54) is 10.6 Å². The molecule has 0 fully saturated rings. The van der Waals surface area contributed by atoms with Crippen LogP contribution in [0.5, 0.6) is 5.75 Å². The first-order valence-electron chi connectivity index (χ1n) is 25.8. The fraction of sp³-hybridized carbons (Fsp3) is 0.521. The number of nitrogens with zero attached hydrogens (tertiary/aromatic N) is 4. The van der Waals surface area contributed by atoms with Crippen LogP contribution in [0, 0.1) is 0 Å². The number of phenolic OH excluding ortho intramolecular Hbond substituents is 1. The number of aliphatic imine (C=N–C) groups is 1. The number of nitrogens with two attached hydrogens (primary N) is 2. The van der Waals surface area contributed by atoms with Crippen molar-refractivity contribution in [3.63, 3.8) is 0 Å². The number of hydrogen-bond donors (Lipinski definition) is 17. The van der Waals surface area contributed by atoms with E-state index in [4.69, 9.17) is 21.7 Å². The molecule has 0 bridgehead atoms. The molecule has 4 rings (SSSR count). The lowest BCUT2D eigenvalue weighted by Gasteiger charge is -2.35. The van der Waals surface area contributed by atoms with Crippen LogP contribution in [-0.4, -0.2) is 205 Å². The topological polar surface area (TPSA) is 544 Å². The number of carbonyl (C=O) groups excluding carboxylic acids is 11. The van der Waals surface area contributed by atoms with Crippen molar-refractivity contribution in [1.29, 1.82) is 0 Å². The number of carboxylic acids is 2. The number of hydroxylamine groups is 4. The number of aromatic hydroxyl groups is 1. The van der Waals surface area contributed by atoms with Gasteiger partial charge in [0.25, 0.3) is 0 Å². The number of benzene rings is 1. The highest BCUT2D eigenvalue weighted by Gasteiger charge is 2.37. The first kappa shape index (κ1) is 66.0. The van der Waals surface area contributed by atoms with Crippen molar-refractivity contribution in [3.8, 4) is 17.0 Å². The van der Waals surface area contributed by atoms with E-state index in [0.29, 0.717) is 0 Å². The van der Waals surface area contributed by atoms with Crippen LogP contribution in [0.4, 0.5) is 11.5 Å². The normalized spacial score (nSPS) is 16.1. The number of phenols is 1. The lowest BCUT2D eigenvalue weighted by atomic mass is 10.0. The van der Waals surface area contributed by atoms with E-state index in [9.17, 15) is 87.8 Å². The number of amidine groups is 1. The summed E-state index contributed by atoms with van der Waals surface area (Å²) in [6.07, 6.45) is -3.86. The number of aliphatic hydroxyl groups excluding tert-OH is 1. The standard InChI is InChI=1S/C48H67N15O20/c49-36(69)7-5-27(45(78)56-25(3-1-15-61(82)22-65)43(76)53-20-40(74)75)59-46(79)28(6-8-37(50)70)58-44(77)26(4-2-16-62(83)23-66)57-47(80)29-11-13-51-41(55-29)31(21-64)60-48(81)32-12-14-52-42-30(54-38(71)9-10-39(72)73)17-24-18-34(67)35(68)19-33(24)63(32)42/h17-19,22-23,25-29,31-32,52,64,67,82-83H,1-16,20-21H2,(H2,49,69)(H2,50,70)(H,51,55)(H,53,76)(H,54,71)(H,56,78)(H,57,80)(H,58,77)(H,59,79)(H,60,81)(H,72,73)(H,74,75). The first-order valence-corrected chi connectivity index (χ1v) is 25.8. The molecule has 454 valence electrons. The summed E-state index contributed by atoms with van der Waals surface area (Å²) in [7, 11) is 0. The number of carbonyl (C=O) groups is 13. The highest BCUT2D eigenvalue weighted by molar-refractivity contribution is 6.00. The molecule has 4 aliphatic rings. The zero-order valence-corrected chi connectivity index (χ0v) is 44.5. The van der Waals surface area contributed by atoms with Gasteiger partial charge in [-0.25, -0.2) is 10.1 Å². The average Bonchev–Trinajstić information content (AvgIpc) is 2.26. The molecule has 3 aliphatic heterocycles. The summed E-state index contributed by atoms with van der Waals surface area (Å²) in [4.78, 5) is 181. The maximum absolute atomic E-state index is 14.3. The van der Waals surface area contributed by atoms with Crippen molar-refractivity contribution in [3.05, 3.63) is 28.4 Å². The predicted molar refractivity (Wildman–Crippen MR) is 282 cm³/mol. The monoisotopic (exact) mass is 1170 g/mol. The number of amides is 11. The third-order valence-electron chi connectivity index (χ3n) is 12.8. The number of aliphatic carboxylic acids is 2. The molecule has 7 atom stereocenters. The van der Waals surface area contributed by atoms with Gasteiger partial charge >= 0.3 is 11.9 Å². The quantitative estimate of drug-likeness (QED) is 0.0174. The Morgan fingerprint density at radius 2 is 1.27 bits per heavy atom. The Balaban J connectivity index is 1.56. The second-order valence-electron chi connectivity index (χ2n) is 19.0. The maximum atomic E-state index is 14.3. The lowest BCUT2D eigenvalue weighted by Crippen LogP contribution is -2.61. The zero-order chi connectivity index (χ0) is 61.5. The van der Waals surface area contributed by atoms with Crippen molar-refractivity contribution < 1.29 is 93.2 Å². The van der Waals surface area contributed by atoms with Crippen molar-refractivity contribution in [2.75, 3.05) is 50.0 Å². The van der Waals surface area contributed by atoms with Crippen LogP contribution in [0.3, 0.4) is 0 Å². The number of hydrogen-bond acceptors (Lipinski definition) is 21. The Morgan fingerprint density at radius 1 is 0.711 bits per heavy atom. The van der Waals surface area contributed by atoms with Gasteiger partial charge in [0.15, 0.2) is 5.75 Å². The SMILES string of the molecule is NC(=O)CCC(NC(=O)C(CCC(N)=O)NC(=O)C(CCCN(O)C=O)NC(=O)C1CCN=C(C(CO)NC(=O)C2CCNc3c(NC(=O)CCC(=O)O)cc4cc(O)c(=O)cc-4n32)N1)C(=O)NC(CCCN(O)C=O)C(=O)NCC(=O)O. The predicted octanol–water partition coefficient (Wildman–Crippen LogP) is -6.02. The summed E-state index contributed by atoms with van der Waals surface area (Å²) < 4.78 is 1.39. The molecule has 35 nitrogen and oxygen atoms in total. The van der Waals surface area contributed by atoms with E-state index in [2.05, 4.69) is 52.8 Å². The first-order chi connectivity index (χ1) is 39.3. The molecule has 0 aromatic heterocycles. The number of primary amides is 2. The zero-order valence-electron chi connectivity index (χ0n) is 44.5. The number of pyridine rings is 1. The number of aromatic nitrogens is 1. The summed E-state index contributed by atoms with van der Waals surface area (Å²) in [6, 6.07) is -6.77. The minimum absolute atomic E-state index is 0.0424. The molecular weight excluding hydrogens is 1110 g/mol. The van der Waals surface area contributed by atoms with E-state index in [1.54, 1.807) is 0 Å². The highest BCUT2D eigenvalue weighted by Crippen LogP contribution is 2.39. The number of fused-ring (bicyclic) bond motifs is 3.